The number of hydrogen-bond donors (Lipinski definition) is 2. The maximum Gasteiger partial charge on any atom is 0.419 e. The molecule has 2 N–H and O–H groups in total. The smallest absolute Gasteiger partial charge is 0.419 e. The van der Waals surface area contributed by atoms with Crippen LogP contribution in [0, 0.1) is 11.6 Å². The number of nitrogens with zero attached hydrogens (tertiary/aromatic N) is 4. The van der Waals surface area contributed by atoms with Crippen molar-refractivity contribution in [3.63, 3.8) is 0 Å². The summed E-state index contributed by atoms with van der Waals surface area (Å²) in [5, 5.41) is 2.50. The molecule has 4 rings (SSSR count). The van der Waals surface area contributed by atoms with Gasteiger partial charge in [-0.2, -0.15) is 0 Å². The summed E-state index contributed by atoms with van der Waals surface area (Å²) in [4.78, 5) is 29.9. The van der Waals surface area contributed by atoms with E-state index in [1.54, 1.807) is 6.20 Å². The number of carbonyl (C=O) groups excluding carboxylic acids is 1. The van der Waals surface area contributed by atoms with Crippen molar-refractivity contribution in [2.75, 3.05) is 33.6 Å². The van der Waals surface area contributed by atoms with Crippen molar-refractivity contribution in [1.29, 1.82) is 0 Å². The Morgan fingerprint density at radius 3 is 2.29 bits per heavy atom. The molecule has 2 aromatic heterocycles. The number of hydrogen-bond acceptors (Lipinski definition) is 8. The quantitative estimate of drug-likeness (QED) is 0.405. The normalized spacial score (nSPS) is 11.1. The van der Waals surface area contributed by atoms with Crippen LogP contribution in [0.5, 0.6) is 17.2 Å². The second-order valence-electron chi connectivity index (χ2n) is 7.66. The zero-order valence-electron chi connectivity index (χ0n) is 19.3. The molecule has 0 aliphatic carbocycles. The Morgan fingerprint density at radius 1 is 1.00 bits per heavy atom. The monoisotopic (exact) mass is 484 g/mol. The molecule has 0 bridgehead atoms. The summed E-state index contributed by atoms with van der Waals surface area (Å²) in [6.07, 6.45) is 3.49. The fraction of sp³-hybridized carbons (Fsp3) is 0.217. The first-order valence-electron chi connectivity index (χ1n) is 10.3. The highest BCUT2D eigenvalue weighted by Gasteiger charge is 2.25. The second-order valence-corrected chi connectivity index (χ2v) is 7.66. The lowest BCUT2D eigenvalue weighted by Gasteiger charge is -2.15. The number of amides is 1. The molecule has 0 aliphatic heterocycles. The number of imidazole rings is 1. The molecule has 0 fully saturated rings. The van der Waals surface area contributed by atoms with Gasteiger partial charge in [-0.15, -0.1) is 0 Å². The molecular weight excluding hydrogens is 462 g/mol. The molecule has 182 valence electrons. The first kappa shape index (κ1) is 23.8. The topological polar surface area (TPSA) is 114 Å². The van der Waals surface area contributed by atoms with Crippen molar-refractivity contribution in [2.45, 2.75) is 6.54 Å². The molecule has 0 unspecified atom stereocenters. The van der Waals surface area contributed by atoms with E-state index in [1.165, 1.54) is 38.7 Å². The van der Waals surface area contributed by atoms with Crippen molar-refractivity contribution < 1.29 is 27.8 Å². The van der Waals surface area contributed by atoms with E-state index >= 15 is 8.78 Å². The van der Waals surface area contributed by atoms with Gasteiger partial charge in [-0.3, -0.25) is 10.3 Å². The minimum absolute atomic E-state index is 0.0325. The van der Waals surface area contributed by atoms with Gasteiger partial charge in [0.25, 0.3) is 0 Å². The van der Waals surface area contributed by atoms with Gasteiger partial charge in [0.1, 0.15) is 11.0 Å². The van der Waals surface area contributed by atoms with Gasteiger partial charge in [0.15, 0.2) is 28.9 Å². The lowest BCUT2D eigenvalue weighted by molar-refractivity contribution is 0.215. The van der Waals surface area contributed by atoms with Crippen LogP contribution < -0.4 is 19.5 Å². The van der Waals surface area contributed by atoms with E-state index in [0.29, 0.717) is 6.54 Å². The molecule has 0 saturated heterocycles. The first-order chi connectivity index (χ1) is 16.8. The van der Waals surface area contributed by atoms with E-state index in [-0.39, 0.29) is 39.8 Å². The van der Waals surface area contributed by atoms with Gasteiger partial charge >= 0.3 is 6.09 Å². The van der Waals surface area contributed by atoms with Crippen LogP contribution in [-0.4, -0.2) is 59.2 Å². The first-order valence-corrected chi connectivity index (χ1v) is 10.3. The van der Waals surface area contributed by atoms with Crippen LogP contribution in [0.2, 0.25) is 0 Å². The van der Waals surface area contributed by atoms with E-state index in [2.05, 4.69) is 25.3 Å². The van der Waals surface area contributed by atoms with Crippen LogP contribution in [0.3, 0.4) is 0 Å². The Labute approximate surface area is 198 Å². The summed E-state index contributed by atoms with van der Waals surface area (Å²) in [6.45, 7) is 0.605. The second kappa shape index (κ2) is 9.89. The van der Waals surface area contributed by atoms with Crippen molar-refractivity contribution in [2.24, 2.45) is 0 Å². The number of methoxy groups -OCH3 is 2. The Bertz CT molecular complexity index is 1360. The van der Waals surface area contributed by atoms with E-state index in [4.69, 9.17) is 14.2 Å². The Balaban J connectivity index is 1.69. The summed E-state index contributed by atoms with van der Waals surface area (Å²) in [6, 6.07) is 3.86. The highest BCUT2D eigenvalue weighted by molar-refractivity contribution is 5.97. The summed E-state index contributed by atoms with van der Waals surface area (Å²) in [5.74, 6) is -2.05. The Morgan fingerprint density at radius 2 is 1.66 bits per heavy atom. The number of halogens is 2. The number of aromatic nitrogens is 4. The lowest BCUT2D eigenvalue weighted by Crippen LogP contribution is -2.18. The number of aromatic amines is 1. The van der Waals surface area contributed by atoms with Gasteiger partial charge in [0.05, 0.1) is 31.7 Å². The third-order valence-corrected chi connectivity index (χ3v) is 4.97. The van der Waals surface area contributed by atoms with Crippen LogP contribution >= 0.6 is 0 Å². The molecule has 0 spiro atoms. The van der Waals surface area contributed by atoms with Gasteiger partial charge in [0.2, 0.25) is 5.95 Å². The van der Waals surface area contributed by atoms with Crippen LogP contribution in [0.1, 0.15) is 5.69 Å². The van der Waals surface area contributed by atoms with E-state index in [1.807, 2.05) is 19.0 Å². The predicted octanol–water partition coefficient (Wildman–Crippen LogP) is 3.99. The Hall–Kier alpha value is -4.32. The molecule has 4 aromatic rings. The average Bonchev–Trinajstić information content (AvgIpc) is 3.26. The number of rotatable bonds is 7. The van der Waals surface area contributed by atoms with Gasteiger partial charge < -0.3 is 24.1 Å². The molecule has 12 heteroatoms. The molecular formula is C23H22F2N6O4. The maximum absolute atomic E-state index is 15.1. The number of benzene rings is 2. The SMILES string of the molecule is COc1cc(OC)c(F)c(-c2ccc(OC(=O)Nc3ncc(CN(C)C)[nH]3)c3nccnc23)c1F. The standard InChI is InChI=1S/C23H22F2N6O4/c1-31(2)11-12-10-28-22(29-12)30-23(32)35-14-6-5-13(20-21(14)27-8-7-26-20)17-18(24)15(33-3)9-16(34-4)19(17)25/h5-10H,11H2,1-4H3,(H2,28,29,30,32). The lowest BCUT2D eigenvalue weighted by atomic mass is 10.0. The summed E-state index contributed by atoms with van der Waals surface area (Å²) >= 11 is 0. The molecule has 0 radical (unpaired) electrons. The number of anilines is 1. The number of fused-ring (bicyclic) bond motifs is 1. The molecule has 2 heterocycles. The fourth-order valence-electron chi connectivity index (χ4n) is 3.50. The van der Waals surface area contributed by atoms with Gasteiger partial charge in [-0.1, -0.05) is 0 Å². The van der Waals surface area contributed by atoms with E-state index in [9.17, 15) is 4.79 Å². The van der Waals surface area contributed by atoms with Crippen LogP contribution in [0.25, 0.3) is 22.2 Å². The molecule has 0 saturated carbocycles. The summed E-state index contributed by atoms with van der Waals surface area (Å²) in [7, 11) is 6.32. The van der Waals surface area contributed by atoms with Crippen molar-refractivity contribution in [1.82, 2.24) is 24.8 Å². The van der Waals surface area contributed by atoms with Crippen molar-refractivity contribution in [3.05, 3.63) is 54.1 Å². The number of nitrogens with one attached hydrogen (secondary N) is 2. The minimum Gasteiger partial charge on any atom is -0.494 e. The fourth-order valence-corrected chi connectivity index (χ4v) is 3.50. The predicted molar refractivity (Wildman–Crippen MR) is 124 cm³/mol. The summed E-state index contributed by atoms with van der Waals surface area (Å²) in [5.41, 5.74) is 0.688. The van der Waals surface area contributed by atoms with E-state index < -0.39 is 23.3 Å². The van der Waals surface area contributed by atoms with Crippen molar-refractivity contribution in [3.8, 4) is 28.4 Å². The van der Waals surface area contributed by atoms with Gasteiger partial charge in [-0.25, -0.2) is 23.5 Å². The molecule has 35 heavy (non-hydrogen) atoms. The Kier molecular flexibility index (Phi) is 6.73. The minimum atomic E-state index is -0.935. The van der Waals surface area contributed by atoms with Crippen LogP contribution in [0.4, 0.5) is 19.5 Å². The van der Waals surface area contributed by atoms with E-state index in [0.717, 1.165) is 11.8 Å². The number of ether oxygens (including phenoxy) is 3. The molecule has 2 aromatic carbocycles. The van der Waals surface area contributed by atoms with Crippen LogP contribution in [-0.2, 0) is 6.54 Å². The zero-order chi connectivity index (χ0) is 25.1. The molecule has 0 aliphatic rings. The third kappa shape index (κ3) is 4.82. The van der Waals surface area contributed by atoms with Gasteiger partial charge in [-0.05, 0) is 26.2 Å². The number of H-pyrrole nitrogens is 1. The van der Waals surface area contributed by atoms with Gasteiger partial charge in [0, 0.05) is 30.6 Å². The largest absolute Gasteiger partial charge is 0.494 e. The van der Waals surface area contributed by atoms with Crippen LogP contribution in [0.15, 0.2) is 36.8 Å². The highest BCUT2D eigenvalue weighted by Crippen LogP contribution is 2.41. The van der Waals surface area contributed by atoms with Crippen molar-refractivity contribution >= 4 is 23.1 Å². The third-order valence-electron chi connectivity index (χ3n) is 4.97. The average molecular weight is 484 g/mol. The number of carbonyl (C=O) groups is 1. The molecule has 1 amide bonds. The summed E-state index contributed by atoms with van der Waals surface area (Å²) < 4.78 is 45.7. The molecule has 10 nitrogen and oxygen atoms in total. The maximum atomic E-state index is 15.1. The molecule has 0 atom stereocenters. The highest BCUT2D eigenvalue weighted by atomic mass is 19.1. The zero-order valence-corrected chi connectivity index (χ0v) is 19.3.